The van der Waals surface area contributed by atoms with Gasteiger partial charge in [0.05, 0.1) is 18.8 Å². The molecule has 0 aromatic heterocycles. The molecule has 122 valence electrons. The van der Waals surface area contributed by atoms with Gasteiger partial charge >= 0.3 is 5.97 Å². The van der Waals surface area contributed by atoms with Gasteiger partial charge in [-0.1, -0.05) is 24.1 Å². The van der Waals surface area contributed by atoms with Gasteiger partial charge in [-0.05, 0) is 52.9 Å². The van der Waals surface area contributed by atoms with E-state index >= 15 is 0 Å². The van der Waals surface area contributed by atoms with Crippen molar-refractivity contribution in [3.8, 4) is 0 Å². The second-order valence-electron chi connectivity index (χ2n) is 5.87. The number of aliphatic hydroxyl groups excluding tert-OH is 1. The number of aliphatic hydroxyl groups is 2. The number of ether oxygens (including phenoxy) is 1. The Kier molecular flexibility index (Phi) is 9.22. The summed E-state index contributed by atoms with van der Waals surface area (Å²) in [4.78, 5) is 11.1. The molecule has 0 unspecified atom stereocenters. The predicted octanol–water partition coefficient (Wildman–Crippen LogP) is 3.13. The molecule has 2 N–H and O–H groups in total. The van der Waals surface area contributed by atoms with Crippen LogP contribution in [0.4, 0.5) is 0 Å². The number of hydrogen-bond donors (Lipinski definition) is 2. The molecule has 0 aliphatic rings. The Hall–Kier alpha value is -1.13. The van der Waals surface area contributed by atoms with Gasteiger partial charge in [0.1, 0.15) is 0 Å². The van der Waals surface area contributed by atoms with Crippen LogP contribution in [-0.4, -0.2) is 35.0 Å². The zero-order valence-corrected chi connectivity index (χ0v) is 14.0. The molecule has 4 nitrogen and oxygen atoms in total. The first-order valence-electron chi connectivity index (χ1n) is 7.54. The van der Waals surface area contributed by atoms with Gasteiger partial charge in [-0.15, -0.1) is 0 Å². The van der Waals surface area contributed by atoms with Crippen molar-refractivity contribution < 1.29 is 19.7 Å². The zero-order valence-electron chi connectivity index (χ0n) is 14.0. The van der Waals surface area contributed by atoms with Gasteiger partial charge in [0.25, 0.3) is 0 Å². The fraction of sp³-hybridized carbons (Fsp3) is 0.706. The topological polar surface area (TPSA) is 66.8 Å². The molecule has 0 aliphatic carbocycles. The Bertz CT molecular complexity index is 380. The number of esters is 1. The van der Waals surface area contributed by atoms with E-state index in [9.17, 15) is 15.0 Å². The summed E-state index contributed by atoms with van der Waals surface area (Å²) in [6.07, 6.45) is 6.43. The van der Waals surface area contributed by atoms with Crippen molar-refractivity contribution in [1.82, 2.24) is 0 Å². The lowest BCUT2D eigenvalue weighted by atomic mass is 9.91. The zero-order chi connectivity index (χ0) is 16.5. The molecule has 4 heteroatoms. The van der Waals surface area contributed by atoms with Gasteiger partial charge in [-0.3, -0.25) is 0 Å². The van der Waals surface area contributed by atoms with E-state index in [-0.39, 0.29) is 5.97 Å². The molecule has 0 aromatic rings. The molecule has 2 atom stereocenters. The van der Waals surface area contributed by atoms with Gasteiger partial charge < -0.3 is 14.9 Å². The third-order valence-corrected chi connectivity index (χ3v) is 3.84. The average Bonchev–Trinajstić information content (AvgIpc) is 2.44. The molecule has 0 spiro atoms. The van der Waals surface area contributed by atoms with Gasteiger partial charge in [0.15, 0.2) is 0 Å². The fourth-order valence-corrected chi connectivity index (χ4v) is 1.89. The molecule has 0 saturated carbocycles. The van der Waals surface area contributed by atoms with Crippen LogP contribution in [0.3, 0.4) is 0 Å². The van der Waals surface area contributed by atoms with E-state index in [2.05, 4.69) is 10.8 Å². The normalized spacial score (nSPS) is 17.3. The average molecular weight is 298 g/mol. The number of carbonyl (C=O) groups is 1. The molecule has 0 aromatic carbocycles. The maximum atomic E-state index is 11.1. The van der Waals surface area contributed by atoms with Crippen LogP contribution >= 0.6 is 0 Å². The Morgan fingerprint density at radius 2 is 1.90 bits per heavy atom. The Morgan fingerprint density at radius 3 is 2.43 bits per heavy atom. The maximum absolute atomic E-state index is 11.1. The highest BCUT2D eigenvalue weighted by Crippen LogP contribution is 2.20. The maximum Gasteiger partial charge on any atom is 0.330 e. The van der Waals surface area contributed by atoms with E-state index in [1.165, 1.54) is 18.8 Å². The minimum Gasteiger partial charge on any atom is -0.466 e. The highest BCUT2D eigenvalue weighted by molar-refractivity contribution is 5.82. The van der Waals surface area contributed by atoms with Crippen LogP contribution in [0.2, 0.25) is 0 Å². The Morgan fingerprint density at radius 1 is 1.29 bits per heavy atom. The summed E-state index contributed by atoms with van der Waals surface area (Å²) in [5.74, 6) is -0.321. The summed E-state index contributed by atoms with van der Waals surface area (Å²) in [6, 6.07) is 0. The number of methoxy groups -OCH3 is 1. The molecular weight excluding hydrogens is 268 g/mol. The number of hydrogen-bond acceptors (Lipinski definition) is 4. The SMILES string of the molecule is CC[C@](C)(O)[C@@H](O)CC/C(C)=C/CC/C(C)=C/C(=O)OC. The van der Waals surface area contributed by atoms with E-state index in [0.29, 0.717) is 12.8 Å². The Labute approximate surface area is 128 Å². The number of allylic oxidation sites excluding steroid dienone is 3. The van der Waals surface area contributed by atoms with Gasteiger partial charge in [0.2, 0.25) is 0 Å². The van der Waals surface area contributed by atoms with E-state index in [1.54, 1.807) is 6.92 Å². The van der Waals surface area contributed by atoms with E-state index in [0.717, 1.165) is 24.8 Å². The lowest BCUT2D eigenvalue weighted by Gasteiger charge is -2.27. The van der Waals surface area contributed by atoms with Crippen molar-refractivity contribution in [2.24, 2.45) is 0 Å². The summed E-state index contributed by atoms with van der Waals surface area (Å²) >= 11 is 0. The van der Waals surface area contributed by atoms with Gasteiger partial charge in [-0.2, -0.15) is 0 Å². The quantitative estimate of drug-likeness (QED) is 0.390. The molecule has 0 bridgehead atoms. The highest BCUT2D eigenvalue weighted by Gasteiger charge is 2.27. The number of rotatable bonds is 9. The van der Waals surface area contributed by atoms with Crippen molar-refractivity contribution in [1.29, 1.82) is 0 Å². The molecule has 21 heavy (non-hydrogen) atoms. The summed E-state index contributed by atoms with van der Waals surface area (Å²) in [5, 5.41) is 19.9. The summed E-state index contributed by atoms with van der Waals surface area (Å²) in [5.41, 5.74) is 1.16. The van der Waals surface area contributed by atoms with E-state index in [4.69, 9.17) is 0 Å². The lowest BCUT2D eigenvalue weighted by Crippen LogP contribution is -2.38. The monoisotopic (exact) mass is 298 g/mol. The first-order valence-corrected chi connectivity index (χ1v) is 7.54. The molecule has 0 saturated heterocycles. The minimum absolute atomic E-state index is 0.321. The third-order valence-electron chi connectivity index (χ3n) is 3.84. The third kappa shape index (κ3) is 8.68. The summed E-state index contributed by atoms with van der Waals surface area (Å²) < 4.78 is 4.57. The van der Waals surface area contributed by atoms with Crippen LogP contribution in [0.5, 0.6) is 0 Å². The molecule has 0 rings (SSSR count). The van der Waals surface area contributed by atoms with Crippen LogP contribution < -0.4 is 0 Å². The van der Waals surface area contributed by atoms with Crippen LogP contribution in [-0.2, 0) is 9.53 Å². The van der Waals surface area contributed by atoms with Gasteiger partial charge in [-0.25, -0.2) is 4.79 Å². The molecular formula is C17H30O4. The first-order chi connectivity index (χ1) is 9.72. The summed E-state index contributed by atoms with van der Waals surface area (Å²) in [6.45, 7) is 7.45. The molecule has 0 radical (unpaired) electrons. The highest BCUT2D eigenvalue weighted by atomic mass is 16.5. The van der Waals surface area contributed by atoms with Crippen molar-refractivity contribution in [2.45, 2.75) is 71.5 Å². The summed E-state index contributed by atoms with van der Waals surface area (Å²) in [7, 11) is 1.37. The lowest BCUT2D eigenvalue weighted by molar-refractivity contribution is -0.134. The van der Waals surface area contributed by atoms with Crippen LogP contribution in [0.15, 0.2) is 23.3 Å². The largest absolute Gasteiger partial charge is 0.466 e. The minimum atomic E-state index is -1.01. The van der Waals surface area contributed by atoms with Gasteiger partial charge in [0, 0.05) is 6.08 Å². The van der Waals surface area contributed by atoms with Crippen LogP contribution in [0.25, 0.3) is 0 Å². The van der Waals surface area contributed by atoms with Crippen LogP contribution in [0.1, 0.15) is 59.8 Å². The van der Waals surface area contributed by atoms with E-state index < -0.39 is 11.7 Å². The standard InChI is InChI=1S/C17H30O4/c1-6-17(4,20)15(18)11-10-13(2)8-7-9-14(3)12-16(19)21-5/h8,12,15,18,20H,6-7,9-11H2,1-5H3/b13-8+,14-12+/t15-,17-/m0/s1. The van der Waals surface area contributed by atoms with Crippen molar-refractivity contribution >= 4 is 5.97 Å². The van der Waals surface area contributed by atoms with Crippen molar-refractivity contribution in [3.63, 3.8) is 0 Å². The fourth-order valence-electron chi connectivity index (χ4n) is 1.89. The van der Waals surface area contributed by atoms with E-state index in [1.807, 2.05) is 20.8 Å². The first kappa shape index (κ1) is 19.9. The Balaban J connectivity index is 4.16. The second-order valence-corrected chi connectivity index (χ2v) is 5.87. The second kappa shape index (κ2) is 9.74. The number of carbonyl (C=O) groups excluding carboxylic acids is 1. The molecule has 0 fully saturated rings. The molecule has 0 amide bonds. The van der Waals surface area contributed by atoms with Crippen molar-refractivity contribution in [2.75, 3.05) is 7.11 Å². The van der Waals surface area contributed by atoms with Crippen LogP contribution in [0, 0.1) is 0 Å². The predicted molar refractivity (Wildman–Crippen MR) is 84.9 cm³/mol. The smallest absolute Gasteiger partial charge is 0.330 e. The molecule has 0 aliphatic heterocycles. The van der Waals surface area contributed by atoms with Crippen molar-refractivity contribution in [3.05, 3.63) is 23.3 Å². The molecule has 0 heterocycles.